The molecule has 0 unspecified atom stereocenters. The Kier molecular flexibility index (Phi) is 6.19. The van der Waals surface area contributed by atoms with Gasteiger partial charge in [0.1, 0.15) is 0 Å². The zero-order valence-corrected chi connectivity index (χ0v) is 19.7. The van der Waals surface area contributed by atoms with Crippen molar-refractivity contribution in [1.82, 2.24) is 29.8 Å². The van der Waals surface area contributed by atoms with Gasteiger partial charge in [0, 0.05) is 49.6 Å². The number of carbonyl (C=O) groups is 1. The van der Waals surface area contributed by atoms with Gasteiger partial charge in [-0.25, -0.2) is 8.42 Å². The van der Waals surface area contributed by atoms with E-state index in [-0.39, 0.29) is 17.1 Å². The van der Waals surface area contributed by atoms with Crippen LogP contribution in [0.25, 0.3) is 16.8 Å². The van der Waals surface area contributed by atoms with E-state index in [9.17, 15) is 13.2 Å². The third-order valence-corrected chi connectivity index (χ3v) is 6.71. The normalized spacial score (nSPS) is 17.1. The number of hydrogen-bond donors (Lipinski definition) is 2. The Bertz CT molecular complexity index is 1300. The van der Waals surface area contributed by atoms with Crippen molar-refractivity contribution in [3.8, 4) is 11.1 Å². The summed E-state index contributed by atoms with van der Waals surface area (Å²) in [4.78, 5) is 23.1. The van der Waals surface area contributed by atoms with Gasteiger partial charge in [0.25, 0.3) is 11.1 Å². The van der Waals surface area contributed by atoms with E-state index in [0.29, 0.717) is 42.5 Å². The second-order valence-electron chi connectivity index (χ2n) is 8.60. The van der Waals surface area contributed by atoms with Gasteiger partial charge in [0.15, 0.2) is 5.65 Å². The molecule has 2 N–H and O–H groups in total. The minimum Gasteiger partial charge on any atom is -0.379 e. The maximum Gasteiger partial charge on any atom is 0.252 e. The van der Waals surface area contributed by atoms with Crippen molar-refractivity contribution >= 4 is 27.3 Å². The predicted octanol–water partition coefficient (Wildman–Crippen LogP) is 0.831. The number of morpholine rings is 1. The van der Waals surface area contributed by atoms with E-state index in [2.05, 4.69) is 30.6 Å². The minimum absolute atomic E-state index is 0.0950. The Hall–Kier alpha value is -3.09. The third kappa shape index (κ3) is 5.03. The molecule has 11 nitrogen and oxygen atoms in total. The van der Waals surface area contributed by atoms with E-state index >= 15 is 0 Å². The Morgan fingerprint density at radius 2 is 1.88 bits per heavy atom. The van der Waals surface area contributed by atoms with Gasteiger partial charge < -0.3 is 15.4 Å². The number of rotatable bonds is 8. The number of fused-ring (bicyclic) bond motifs is 1. The molecule has 2 fully saturated rings. The predicted molar refractivity (Wildman–Crippen MR) is 126 cm³/mol. The Morgan fingerprint density at radius 3 is 2.56 bits per heavy atom. The average Bonchev–Trinajstić information content (AvgIpc) is 3.54. The molecule has 5 rings (SSSR count). The number of benzene rings is 1. The molecule has 0 bridgehead atoms. The Morgan fingerprint density at radius 1 is 1.15 bits per heavy atom. The van der Waals surface area contributed by atoms with Crippen molar-refractivity contribution in [2.75, 3.05) is 51.0 Å². The van der Waals surface area contributed by atoms with Crippen molar-refractivity contribution in [2.24, 2.45) is 0 Å². The van der Waals surface area contributed by atoms with E-state index in [4.69, 9.17) is 4.74 Å². The fraction of sp³-hybridized carbons (Fsp3) is 0.455. The molecule has 34 heavy (non-hydrogen) atoms. The van der Waals surface area contributed by atoms with Gasteiger partial charge in [-0.2, -0.15) is 19.6 Å². The van der Waals surface area contributed by atoms with Crippen LogP contribution in [0.2, 0.25) is 0 Å². The molecule has 1 saturated heterocycles. The van der Waals surface area contributed by atoms with Gasteiger partial charge >= 0.3 is 0 Å². The van der Waals surface area contributed by atoms with Crippen molar-refractivity contribution < 1.29 is 17.9 Å². The van der Waals surface area contributed by atoms with Crippen molar-refractivity contribution in [1.29, 1.82) is 0 Å². The number of nitrogens with one attached hydrogen (secondary N) is 2. The fourth-order valence-corrected chi connectivity index (χ4v) is 4.29. The lowest BCUT2D eigenvalue weighted by atomic mass is 10.1. The summed E-state index contributed by atoms with van der Waals surface area (Å²) in [6.07, 6.45) is 4.76. The van der Waals surface area contributed by atoms with E-state index in [1.807, 2.05) is 12.1 Å². The lowest BCUT2D eigenvalue weighted by Crippen LogP contribution is -2.39. The van der Waals surface area contributed by atoms with Crippen LogP contribution in [0.15, 0.2) is 35.6 Å². The third-order valence-electron chi connectivity index (χ3n) is 5.86. The number of anilines is 1. The van der Waals surface area contributed by atoms with Crippen LogP contribution in [-0.2, 0) is 14.6 Å². The molecular formula is C22H27N7O4S. The molecule has 3 heterocycles. The molecule has 1 amide bonds. The maximum atomic E-state index is 12.3. The van der Waals surface area contributed by atoms with Crippen LogP contribution < -0.4 is 10.6 Å². The van der Waals surface area contributed by atoms with Crippen LogP contribution in [-0.4, -0.2) is 90.5 Å². The fourth-order valence-electron chi connectivity index (χ4n) is 3.79. The molecule has 0 spiro atoms. The number of nitrogens with zero attached hydrogens (tertiary/aromatic N) is 5. The van der Waals surface area contributed by atoms with E-state index in [1.165, 1.54) is 4.52 Å². The van der Waals surface area contributed by atoms with Crippen LogP contribution in [0.4, 0.5) is 5.95 Å². The smallest absolute Gasteiger partial charge is 0.252 e. The number of aromatic nitrogens is 4. The van der Waals surface area contributed by atoms with Gasteiger partial charge in [-0.05, 0) is 30.5 Å². The Labute approximate surface area is 197 Å². The monoisotopic (exact) mass is 485 g/mol. The second-order valence-corrected chi connectivity index (χ2v) is 10.5. The highest BCUT2D eigenvalue weighted by Crippen LogP contribution is 2.26. The number of sulfone groups is 1. The summed E-state index contributed by atoms with van der Waals surface area (Å²) in [6, 6.07) is 7.40. The van der Waals surface area contributed by atoms with Crippen molar-refractivity contribution in [3.63, 3.8) is 0 Å². The first-order chi connectivity index (χ1) is 16.4. The first kappa shape index (κ1) is 22.7. The molecule has 1 saturated carbocycles. The molecule has 0 atom stereocenters. The summed E-state index contributed by atoms with van der Waals surface area (Å²) < 4.78 is 31.5. The molecule has 1 aliphatic carbocycles. The summed E-state index contributed by atoms with van der Waals surface area (Å²) in [6.45, 7) is 4.46. The van der Waals surface area contributed by atoms with Gasteiger partial charge in [-0.15, -0.1) is 0 Å². The van der Waals surface area contributed by atoms with Crippen LogP contribution in [0.3, 0.4) is 0 Å². The molecule has 3 aromatic rings. The van der Waals surface area contributed by atoms with Crippen molar-refractivity contribution in [2.45, 2.75) is 24.0 Å². The molecular weight excluding hydrogens is 458 g/mol. The number of hydrogen-bond acceptors (Lipinski definition) is 9. The topological polar surface area (TPSA) is 131 Å². The SMILES string of the molecule is CS(=O)(=O)c1nc(NCCN2CCOCC2)n2ncc(-c3ccc(C(=O)NC4CC4)cc3)c2n1. The molecule has 2 aliphatic rings. The van der Waals surface area contributed by atoms with Crippen molar-refractivity contribution in [3.05, 3.63) is 36.0 Å². The molecule has 1 aromatic carbocycles. The highest BCUT2D eigenvalue weighted by molar-refractivity contribution is 7.90. The zero-order valence-electron chi connectivity index (χ0n) is 18.9. The van der Waals surface area contributed by atoms with E-state index in [0.717, 1.165) is 44.3 Å². The van der Waals surface area contributed by atoms with E-state index in [1.54, 1.807) is 18.3 Å². The number of carbonyl (C=O) groups excluding carboxylic acids is 1. The lowest BCUT2D eigenvalue weighted by Gasteiger charge is -2.26. The zero-order chi connectivity index (χ0) is 23.7. The molecule has 12 heteroatoms. The van der Waals surface area contributed by atoms with Gasteiger partial charge in [0.05, 0.1) is 19.4 Å². The highest BCUT2D eigenvalue weighted by atomic mass is 32.2. The van der Waals surface area contributed by atoms with Crippen LogP contribution in [0.1, 0.15) is 23.2 Å². The highest BCUT2D eigenvalue weighted by Gasteiger charge is 2.24. The molecule has 2 aromatic heterocycles. The van der Waals surface area contributed by atoms with Gasteiger partial charge in [-0.1, -0.05) is 12.1 Å². The number of amides is 1. The summed E-state index contributed by atoms with van der Waals surface area (Å²) in [5.41, 5.74) is 2.37. The minimum atomic E-state index is -3.65. The summed E-state index contributed by atoms with van der Waals surface area (Å²) in [5.74, 6) is 0.215. The summed E-state index contributed by atoms with van der Waals surface area (Å²) in [5, 5.41) is 10.3. The Balaban J connectivity index is 1.42. The van der Waals surface area contributed by atoms with Crippen LogP contribution in [0.5, 0.6) is 0 Å². The van der Waals surface area contributed by atoms with Crippen LogP contribution in [0, 0.1) is 0 Å². The molecule has 1 aliphatic heterocycles. The lowest BCUT2D eigenvalue weighted by molar-refractivity contribution is 0.0398. The quantitative estimate of drug-likeness (QED) is 0.476. The number of ether oxygens (including phenoxy) is 1. The molecule has 0 radical (unpaired) electrons. The summed E-state index contributed by atoms with van der Waals surface area (Å²) >= 11 is 0. The van der Waals surface area contributed by atoms with Gasteiger partial charge in [-0.3, -0.25) is 9.69 Å². The first-order valence-electron chi connectivity index (χ1n) is 11.3. The standard InChI is InChI=1S/C22H27N7O4S/c1-34(31,32)22-26-19-18(15-2-4-16(5-3-15)20(30)25-17-6-7-17)14-24-29(19)21(27-22)23-8-9-28-10-12-33-13-11-28/h2-5,14,17H,6-13H2,1H3,(H,25,30)(H,23,26,27). The second kappa shape index (κ2) is 9.28. The average molecular weight is 486 g/mol. The van der Waals surface area contributed by atoms with Gasteiger partial charge in [0.2, 0.25) is 15.8 Å². The van der Waals surface area contributed by atoms with E-state index < -0.39 is 9.84 Å². The summed E-state index contributed by atoms with van der Waals surface area (Å²) in [7, 11) is -3.65. The van der Waals surface area contributed by atoms with Crippen LogP contribution >= 0.6 is 0 Å². The molecule has 180 valence electrons. The largest absolute Gasteiger partial charge is 0.379 e. The first-order valence-corrected chi connectivity index (χ1v) is 13.2. The maximum absolute atomic E-state index is 12.3.